The normalized spacial score (nSPS) is 15.1. The Morgan fingerprint density at radius 1 is 0.966 bits per heavy atom. The van der Waals surface area contributed by atoms with E-state index in [1.807, 2.05) is 30.3 Å². The van der Waals surface area contributed by atoms with Gasteiger partial charge in [-0.2, -0.15) is 0 Å². The highest BCUT2D eigenvalue weighted by Crippen LogP contribution is 2.35. The SMILES string of the molecule is COc1cc(CN2CCN(CCOc3ccccc3)CC2)c([N+](=O)[O-])cc1OC. The maximum atomic E-state index is 11.5. The molecule has 0 radical (unpaired) electrons. The molecule has 1 heterocycles. The zero-order valence-electron chi connectivity index (χ0n) is 16.9. The summed E-state index contributed by atoms with van der Waals surface area (Å²) in [5, 5.41) is 11.5. The van der Waals surface area contributed by atoms with Gasteiger partial charge in [0.25, 0.3) is 5.69 Å². The molecule has 29 heavy (non-hydrogen) atoms. The summed E-state index contributed by atoms with van der Waals surface area (Å²) in [6.07, 6.45) is 0. The minimum Gasteiger partial charge on any atom is -0.493 e. The van der Waals surface area contributed by atoms with Crippen molar-refractivity contribution < 1.29 is 19.1 Å². The average Bonchev–Trinajstić information content (AvgIpc) is 2.75. The van der Waals surface area contributed by atoms with E-state index in [4.69, 9.17) is 14.2 Å². The van der Waals surface area contributed by atoms with Crippen LogP contribution >= 0.6 is 0 Å². The molecule has 1 fully saturated rings. The summed E-state index contributed by atoms with van der Waals surface area (Å²) in [5.41, 5.74) is 0.690. The molecule has 1 saturated heterocycles. The molecule has 0 aliphatic carbocycles. The molecular weight excluding hydrogens is 374 g/mol. The van der Waals surface area contributed by atoms with Gasteiger partial charge in [0, 0.05) is 44.8 Å². The van der Waals surface area contributed by atoms with Gasteiger partial charge in [0.05, 0.1) is 25.2 Å². The number of ether oxygens (including phenoxy) is 3. The number of hydrogen-bond acceptors (Lipinski definition) is 7. The second-order valence-electron chi connectivity index (χ2n) is 6.87. The highest BCUT2D eigenvalue weighted by Gasteiger charge is 2.23. The summed E-state index contributed by atoms with van der Waals surface area (Å²) in [6.45, 7) is 5.50. The van der Waals surface area contributed by atoms with Gasteiger partial charge in [-0.3, -0.25) is 19.9 Å². The number of methoxy groups -OCH3 is 2. The Hall–Kier alpha value is -2.84. The van der Waals surface area contributed by atoms with Crippen molar-refractivity contribution in [2.75, 3.05) is 53.6 Å². The van der Waals surface area contributed by atoms with Crippen LogP contribution in [0.1, 0.15) is 5.56 Å². The van der Waals surface area contributed by atoms with Crippen LogP contribution in [0.3, 0.4) is 0 Å². The molecule has 0 spiro atoms. The summed E-state index contributed by atoms with van der Waals surface area (Å²) >= 11 is 0. The topological polar surface area (TPSA) is 77.3 Å². The second-order valence-corrected chi connectivity index (χ2v) is 6.87. The number of benzene rings is 2. The summed E-state index contributed by atoms with van der Waals surface area (Å²) in [7, 11) is 3.01. The Kier molecular flexibility index (Phi) is 7.26. The third-order valence-electron chi connectivity index (χ3n) is 5.06. The third kappa shape index (κ3) is 5.58. The van der Waals surface area contributed by atoms with Crippen LogP contribution in [-0.4, -0.2) is 68.3 Å². The van der Waals surface area contributed by atoms with Crippen LogP contribution in [0.5, 0.6) is 17.2 Å². The number of rotatable bonds is 9. The van der Waals surface area contributed by atoms with Crippen LogP contribution in [-0.2, 0) is 6.54 Å². The van der Waals surface area contributed by atoms with Crippen LogP contribution in [0.2, 0.25) is 0 Å². The smallest absolute Gasteiger partial charge is 0.277 e. The molecule has 2 aromatic rings. The number of nitro groups is 1. The molecule has 0 unspecified atom stereocenters. The molecule has 3 rings (SSSR count). The van der Waals surface area contributed by atoms with Crippen molar-refractivity contribution in [2.24, 2.45) is 0 Å². The number of para-hydroxylation sites is 1. The van der Waals surface area contributed by atoms with Gasteiger partial charge in [0.15, 0.2) is 11.5 Å². The number of hydrogen-bond donors (Lipinski definition) is 0. The van der Waals surface area contributed by atoms with Crippen LogP contribution < -0.4 is 14.2 Å². The largest absolute Gasteiger partial charge is 0.493 e. The van der Waals surface area contributed by atoms with Gasteiger partial charge < -0.3 is 14.2 Å². The average molecular weight is 401 g/mol. The number of nitro benzene ring substituents is 1. The fourth-order valence-corrected chi connectivity index (χ4v) is 3.43. The lowest BCUT2D eigenvalue weighted by molar-refractivity contribution is -0.385. The number of nitrogens with zero attached hydrogens (tertiary/aromatic N) is 3. The van der Waals surface area contributed by atoms with E-state index in [-0.39, 0.29) is 10.6 Å². The third-order valence-corrected chi connectivity index (χ3v) is 5.06. The monoisotopic (exact) mass is 401 g/mol. The van der Waals surface area contributed by atoms with Crippen LogP contribution in [0.15, 0.2) is 42.5 Å². The Morgan fingerprint density at radius 3 is 2.21 bits per heavy atom. The van der Waals surface area contributed by atoms with E-state index in [1.165, 1.54) is 20.3 Å². The van der Waals surface area contributed by atoms with E-state index in [0.717, 1.165) is 38.5 Å². The minimum absolute atomic E-state index is 0.0568. The van der Waals surface area contributed by atoms with Crippen molar-refractivity contribution >= 4 is 5.69 Å². The van der Waals surface area contributed by atoms with Crippen molar-refractivity contribution in [3.63, 3.8) is 0 Å². The Balaban J connectivity index is 1.53. The van der Waals surface area contributed by atoms with Gasteiger partial charge in [-0.05, 0) is 18.2 Å². The van der Waals surface area contributed by atoms with Gasteiger partial charge in [-0.15, -0.1) is 0 Å². The van der Waals surface area contributed by atoms with Crippen molar-refractivity contribution in [1.82, 2.24) is 9.80 Å². The van der Waals surface area contributed by atoms with E-state index in [0.29, 0.717) is 30.2 Å². The van der Waals surface area contributed by atoms with Crippen LogP contribution in [0.4, 0.5) is 5.69 Å². The fraction of sp³-hybridized carbons (Fsp3) is 0.429. The van der Waals surface area contributed by atoms with Gasteiger partial charge in [0.2, 0.25) is 0 Å². The van der Waals surface area contributed by atoms with E-state index >= 15 is 0 Å². The summed E-state index contributed by atoms with van der Waals surface area (Å²) in [6, 6.07) is 12.9. The van der Waals surface area contributed by atoms with Crippen molar-refractivity contribution in [2.45, 2.75) is 6.54 Å². The molecule has 0 saturated carbocycles. The standard InChI is InChI=1S/C21H27N3O5/c1-27-20-14-17(19(24(25)26)15-21(20)28-2)16-23-10-8-22(9-11-23)12-13-29-18-6-4-3-5-7-18/h3-7,14-15H,8-13,16H2,1-2H3. The van der Waals surface area contributed by atoms with Crippen LogP contribution in [0.25, 0.3) is 0 Å². The second kappa shape index (κ2) is 10.1. The summed E-state index contributed by atoms with van der Waals surface area (Å²) in [5.74, 6) is 1.75. The zero-order valence-corrected chi connectivity index (χ0v) is 16.9. The Labute approximate surface area is 170 Å². The molecule has 1 aliphatic rings. The molecule has 0 amide bonds. The summed E-state index contributed by atoms with van der Waals surface area (Å²) in [4.78, 5) is 15.7. The lowest BCUT2D eigenvalue weighted by Gasteiger charge is -2.34. The van der Waals surface area contributed by atoms with E-state index < -0.39 is 0 Å². The number of piperazine rings is 1. The first-order chi connectivity index (χ1) is 14.1. The highest BCUT2D eigenvalue weighted by molar-refractivity contribution is 5.54. The van der Waals surface area contributed by atoms with Gasteiger partial charge in [-0.1, -0.05) is 18.2 Å². The molecular formula is C21H27N3O5. The highest BCUT2D eigenvalue weighted by atomic mass is 16.6. The quantitative estimate of drug-likeness (QED) is 0.472. The van der Waals surface area contributed by atoms with Crippen LogP contribution in [0, 0.1) is 10.1 Å². The van der Waals surface area contributed by atoms with Gasteiger partial charge in [-0.25, -0.2) is 0 Å². The van der Waals surface area contributed by atoms with Gasteiger partial charge >= 0.3 is 0 Å². The van der Waals surface area contributed by atoms with Crippen molar-refractivity contribution in [3.8, 4) is 17.2 Å². The van der Waals surface area contributed by atoms with Gasteiger partial charge in [0.1, 0.15) is 12.4 Å². The first-order valence-corrected chi connectivity index (χ1v) is 9.62. The van der Waals surface area contributed by atoms with Crippen molar-refractivity contribution in [3.05, 3.63) is 58.1 Å². The summed E-state index contributed by atoms with van der Waals surface area (Å²) < 4.78 is 16.3. The lowest BCUT2D eigenvalue weighted by Crippen LogP contribution is -2.47. The van der Waals surface area contributed by atoms with Crippen molar-refractivity contribution in [1.29, 1.82) is 0 Å². The molecule has 0 aromatic heterocycles. The first kappa shape index (κ1) is 20.9. The molecule has 2 aromatic carbocycles. The maximum Gasteiger partial charge on any atom is 0.277 e. The molecule has 156 valence electrons. The molecule has 8 heteroatoms. The van der Waals surface area contributed by atoms with E-state index in [1.54, 1.807) is 6.07 Å². The zero-order chi connectivity index (χ0) is 20.6. The molecule has 0 bridgehead atoms. The molecule has 8 nitrogen and oxygen atoms in total. The predicted molar refractivity (Wildman–Crippen MR) is 110 cm³/mol. The molecule has 1 aliphatic heterocycles. The fourth-order valence-electron chi connectivity index (χ4n) is 3.43. The predicted octanol–water partition coefficient (Wildman–Crippen LogP) is 2.81. The lowest BCUT2D eigenvalue weighted by atomic mass is 10.1. The maximum absolute atomic E-state index is 11.5. The molecule has 0 atom stereocenters. The Morgan fingerprint density at radius 2 is 1.59 bits per heavy atom. The first-order valence-electron chi connectivity index (χ1n) is 9.62. The van der Waals surface area contributed by atoms with E-state index in [9.17, 15) is 10.1 Å². The van der Waals surface area contributed by atoms with E-state index in [2.05, 4.69) is 9.80 Å². The molecule has 0 N–H and O–H groups in total. The Bertz CT molecular complexity index is 807. The minimum atomic E-state index is -0.367.